The average molecular weight is 426 g/mol. The first-order valence-electron chi connectivity index (χ1n) is 8.83. The van der Waals surface area contributed by atoms with Gasteiger partial charge in [-0.25, -0.2) is 23.1 Å². The molecule has 1 aliphatic heterocycles. The van der Waals surface area contributed by atoms with E-state index in [9.17, 15) is 13.2 Å². The van der Waals surface area contributed by atoms with E-state index in [1.807, 2.05) is 13.0 Å². The Kier molecular flexibility index (Phi) is 6.60. The predicted molar refractivity (Wildman–Crippen MR) is 106 cm³/mol. The molecule has 2 N–H and O–H groups in total. The van der Waals surface area contributed by atoms with Gasteiger partial charge in [-0.3, -0.25) is 4.79 Å². The van der Waals surface area contributed by atoms with Gasteiger partial charge in [0, 0.05) is 36.7 Å². The zero-order valence-electron chi connectivity index (χ0n) is 15.8. The maximum atomic E-state index is 12.6. The maximum absolute atomic E-state index is 12.6. The number of thiophene rings is 1. The van der Waals surface area contributed by atoms with Crippen LogP contribution >= 0.6 is 11.3 Å². The summed E-state index contributed by atoms with van der Waals surface area (Å²) >= 11 is 1.12. The van der Waals surface area contributed by atoms with Gasteiger partial charge in [-0.2, -0.15) is 0 Å². The molecule has 3 rings (SSSR count). The lowest BCUT2D eigenvalue weighted by Gasteiger charge is -2.28. The van der Waals surface area contributed by atoms with Crippen LogP contribution in [0.1, 0.15) is 23.3 Å². The van der Waals surface area contributed by atoms with Gasteiger partial charge in [-0.05, 0) is 19.1 Å². The van der Waals surface area contributed by atoms with Crippen LogP contribution in [-0.4, -0.2) is 50.6 Å². The summed E-state index contributed by atoms with van der Waals surface area (Å²) in [6.07, 6.45) is 0. The van der Waals surface area contributed by atoms with Gasteiger partial charge in [0.2, 0.25) is 15.9 Å². The van der Waals surface area contributed by atoms with Gasteiger partial charge in [-0.1, -0.05) is 0 Å². The second-order valence-corrected chi connectivity index (χ2v) is 9.50. The van der Waals surface area contributed by atoms with Gasteiger partial charge >= 0.3 is 0 Å². The first kappa shape index (κ1) is 20.6. The SMILES string of the molecule is CC(=O)NCc1ccc(S(=O)(=O)NCc2nc(C)cc(N3CCOCC3)n2)s1. The molecule has 0 unspecified atom stereocenters. The number of morpholine rings is 1. The number of sulfonamides is 1. The molecule has 0 bridgehead atoms. The third-order valence-corrected chi connectivity index (χ3v) is 7.03. The number of aryl methyl sites for hydroxylation is 1. The second kappa shape index (κ2) is 8.95. The van der Waals surface area contributed by atoms with Crippen LogP contribution in [0.5, 0.6) is 0 Å². The lowest BCUT2D eigenvalue weighted by Crippen LogP contribution is -2.37. The van der Waals surface area contributed by atoms with E-state index >= 15 is 0 Å². The Balaban J connectivity index is 1.67. The number of amides is 1. The largest absolute Gasteiger partial charge is 0.378 e. The van der Waals surface area contributed by atoms with E-state index in [0.717, 1.165) is 40.8 Å². The summed E-state index contributed by atoms with van der Waals surface area (Å²) in [6.45, 7) is 6.35. The van der Waals surface area contributed by atoms with Crippen molar-refractivity contribution in [2.24, 2.45) is 0 Å². The highest BCUT2D eigenvalue weighted by Crippen LogP contribution is 2.22. The predicted octanol–water partition coefficient (Wildman–Crippen LogP) is 0.798. The minimum atomic E-state index is -3.68. The minimum Gasteiger partial charge on any atom is -0.378 e. The molecule has 1 amide bonds. The standard InChI is InChI=1S/C17H23N5O4S2/c1-12-9-16(22-5-7-26-8-6-22)21-15(20-12)11-19-28(24,25)17-4-3-14(27-17)10-18-13(2)23/h3-4,9,19H,5-8,10-11H2,1-2H3,(H,18,23). The second-order valence-electron chi connectivity index (χ2n) is 6.34. The highest BCUT2D eigenvalue weighted by molar-refractivity contribution is 7.91. The van der Waals surface area contributed by atoms with Crippen LogP contribution in [0.4, 0.5) is 5.82 Å². The van der Waals surface area contributed by atoms with Crippen LogP contribution in [-0.2, 0) is 32.6 Å². The Bertz CT molecular complexity index is 939. The van der Waals surface area contributed by atoms with Gasteiger partial charge in [0.1, 0.15) is 15.9 Å². The van der Waals surface area contributed by atoms with E-state index in [1.165, 1.54) is 13.0 Å². The van der Waals surface area contributed by atoms with Gasteiger partial charge in [0.05, 0.1) is 26.3 Å². The Morgan fingerprint density at radius 1 is 1.25 bits per heavy atom. The number of carbonyl (C=O) groups excluding carboxylic acids is 1. The third-order valence-electron chi connectivity index (χ3n) is 4.06. The number of hydrogen-bond acceptors (Lipinski definition) is 8. The zero-order chi connectivity index (χ0) is 20.1. The van der Waals surface area contributed by atoms with E-state index in [4.69, 9.17) is 4.74 Å². The molecule has 1 aliphatic rings. The maximum Gasteiger partial charge on any atom is 0.250 e. The molecule has 9 nitrogen and oxygen atoms in total. The number of nitrogens with one attached hydrogen (secondary N) is 2. The van der Waals surface area contributed by atoms with Crippen LogP contribution in [0, 0.1) is 6.92 Å². The first-order chi connectivity index (χ1) is 13.3. The molecule has 152 valence electrons. The van der Waals surface area contributed by atoms with Crippen LogP contribution in [0.15, 0.2) is 22.4 Å². The van der Waals surface area contributed by atoms with E-state index in [1.54, 1.807) is 6.07 Å². The van der Waals surface area contributed by atoms with Crippen molar-refractivity contribution in [3.63, 3.8) is 0 Å². The summed E-state index contributed by atoms with van der Waals surface area (Å²) in [5.74, 6) is 1.03. The fraction of sp³-hybridized carbons (Fsp3) is 0.471. The number of rotatable bonds is 7. The summed E-state index contributed by atoms with van der Waals surface area (Å²) in [4.78, 5) is 22.7. The Labute approximate surface area is 168 Å². The average Bonchev–Trinajstić information content (AvgIpc) is 3.15. The lowest BCUT2D eigenvalue weighted by molar-refractivity contribution is -0.119. The fourth-order valence-corrected chi connectivity index (χ4v) is 5.01. The van der Waals surface area contributed by atoms with Gasteiger partial charge < -0.3 is 15.0 Å². The fourth-order valence-electron chi connectivity index (χ4n) is 2.69. The van der Waals surface area contributed by atoms with Crippen molar-refractivity contribution in [3.05, 3.63) is 34.6 Å². The van der Waals surface area contributed by atoms with Crippen molar-refractivity contribution in [2.75, 3.05) is 31.2 Å². The molecular formula is C17H23N5O4S2. The van der Waals surface area contributed by atoms with E-state index < -0.39 is 10.0 Å². The van der Waals surface area contributed by atoms with Crippen LogP contribution in [0.25, 0.3) is 0 Å². The number of carbonyl (C=O) groups is 1. The molecular weight excluding hydrogens is 402 g/mol. The quantitative estimate of drug-likeness (QED) is 0.674. The Hall–Kier alpha value is -2.08. The molecule has 0 radical (unpaired) electrons. The molecule has 0 atom stereocenters. The number of hydrogen-bond donors (Lipinski definition) is 2. The van der Waals surface area contributed by atoms with Gasteiger partial charge in [-0.15, -0.1) is 11.3 Å². The van der Waals surface area contributed by atoms with Crippen molar-refractivity contribution in [1.82, 2.24) is 20.0 Å². The summed E-state index contributed by atoms with van der Waals surface area (Å²) in [7, 11) is -3.68. The minimum absolute atomic E-state index is 0.000280. The number of ether oxygens (including phenoxy) is 1. The molecule has 3 heterocycles. The van der Waals surface area contributed by atoms with Crippen molar-refractivity contribution in [3.8, 4) is 0 Å². The molecule has 28 heavy (non-hydrogen) atoms. The highest BCUT2D eigenvalue weighted by Gasteiger charge is 2.19. The Morgan fingerprint density at radius 2 is 2.00 bits per heavy atom. The Morgan fingerprint density at radius 3 is 2.71 bits per heavy atom. The molecule has 1 saturated heterocycles. The smallest absolute Gasteiger partial charge is 0.250 e. The van der Waals surface area contributed by atoms with E-state index in [0.29, 0.717) is 25.6 Å². The molecule has 2 aromatic heterocycles. The zero-order valence-corrected chi connectivity index (χ0v) is 17.4. The van der Waals surface area contributed by atoms with Crippen LogP contribution in [0.3, 0.4) is 0 Å². The molecule has 2 aromatic rings. The highest BCUT2D eigenvalue weighted by atomic mass is 32.2. The molecule has 0 spiro atoms. The number of anilines is 1. The summed E-state index contributed by atoms with van der Waals surface area (Å²) in [5, 5.41) is 2.65. The normalized spacial score (nSPS) is 14.9. The molecule has 11 heteroatoms. The summed E-state index contributed by atoms with van der Waals surface area (Å²) in [6, 6.07) is 5.10. The summed E-state index contributed by atoms with van der Waals surface area (Å²) in [5.41, 5.74) is 0.777. The molecule has 0 aromatic carbocycles. The molecule has 0 aliphatic carbocycles. The van der Waals surface area contributed by atoms with Crippen molar-refractivity contribution < 1.29 is 17.9 Å². The van der Waals surface area contributed by atoms with Gasteiger partial charge in [0.25, 0.3) is 0 Å². The lowest BCUT2D eigenvalue weighted by atomic mass is 10.3. The number of nitrogens with zero attached hydrogens (tertiary/aromatic N) is 3. The van der Waals surface area contributed by atoms with Gasteiger partial charge in [0.15, 0.2) is 0 Å². The number of aromatic nitrogens is 2. The van der Waals surface area contributed by atoms with Crippen LogP contribution < -0.4 is 14.9 Å². The topological polar surface area (TPSA) is 114 Å². The molecule has 1 fully saturated rings. The van der Waals surface area contributed by atoms with Crippen molar-refractivity contribution >= 4 is 33.1 Å². The van der Waals surface area contributed by atoms with E-state index in [2.05, 4.69) is 24.9 Å². The summed E-state index contributed by atoms with van der Waals surface area (Å²) < 4.78 is 33.2. The van der Waals surface area contributed by atoms with Crippen molar-refractivity contribution in [1.29, 1.82) is 0 Å². The van der Waals surface area contributed by atoms with Crippen molar-refractivity contribution in [2.45, 2.75) is 31.1 Å². The van der Waals surface area contributed by atoms with Crippen LogP contribution in [0.2, 0.25) is 0 Å². The molecule has 0 saturated carbocycles. The third kappa shape index (κ3) is 5.47. The first-order valence-corrected chi connectivity index (χ1v) is 11.1. The van der Waals surface area contributed by atoms with E-state index in [-0.39, 0.29) is 16.7 Å². The monoisotopic (exact) mass is 425 g/mol.